The van der Waals surface area contributed by atoms with Crippen LogP contribution in [-0.2, 0) is 20.8 Å². The summed E-state index contributed by atoms with van der Waals surface area (Å²) < 4.78 is 1.12. The van der Waals surface area contributed by atoms with E-state index in [2.05, 4.69) is 48.8 Å². The molecule has 0 unspecified atom stereocenters. The molecule has 1 saturated carbocycles. The summed E-state index contributed by atoms with van der Waals surface area (Å²) in [5, 5.41) is 4.26. The summed E-state index contributed by atoms with van der Waals surface area (Å²) in [5.74, 6) is 2.67. The van der Waals surface area contributed by atoms with Gasteiger partial charge in [0.2, 0.25) is 5.91 Å². The topological polar surface area (TPSA) is 79.4 Å². The lowest BCUT2D eigenvalue weighted by atomic mass is 9.81. The zero-order valence-corrected chi connectivity index (χ0v) is 27.4. The Bertz CT molecular complexity index is 1230. The number of hydrogen-bond donors (Lipinski definition) is 1. The number of carbonyl (C=O) groups is 3. The first-order valence-electron chi connectivity index (χ1n) is 16.0. The Morgan fingerprint density at radius 2 is 1.86 bits per heavy atom. The third kappa shape index (κ3) is 9.48. The number of thioether (sulfide) groups is 1. The summed E-state index contributed by atoms with van der Waals surface area (Å²) in [5.41, 5.74) is 2.90. The maximum Gasteiger partial charge on any atom is 0.224 e. The van der Waals surface area contributed by atoms with Crippen molar-refractivity contribution in [3.63, 3.8) is 0 Å². The van der Waals surface area contributed by atoms with Gasteiger partial charge in [-0.1, -0.05) is 52.7 Å². The normalized spacial score (nSPS) is 18.2. The van der Waals surface area contributed by atoms with E-state index in [0.717, 1.165) is 65.5 Å². The number of amides is 1. The van der Waals surface area contributed by atoms with E-state index < -0.39 is 5.92 Å². The minimum absolute atomic E-state index is 0.0656. The molecule has 2 atom stereocenters. The van der Waals surface area contributed by atoms with Gasteiger partial charge in [-0.3, -0.25) is 19.3 Å². The van der Waals surface area contributed by atoms with Crippen LogP contribution >= 0.6 is 23.1 Å². The van der Waals surface area contributed by atoms with Crippen LogP contribution in [0.3, 0.4) is 0 Å². The van der Waals surface area contributed by atoms with E-state index >= 15 is 0 Å². The highest BCUT2D eigenvalue weighted by Gasteiger charge is 2.30. The number of nitrogens with one attached hydrogen (secondary N) is 1. The van der Waals surface area contributed by atoms with Gasteiger partial charge in [-0.25, -0.2) is 4.98 Å². The molecule has 0 spiro atoms. The zero-order valence-electron chi connectivity index (χ0n) is 25.8. The molecule has 2 aliphatic rings. The molecule has 1 aliphatic carbocycles. The molecule has 1 amide bonds. The number of carbonyl (C=O) groups excluding carboxylic acids is 3. The van der Waals surface area contributed by atoms with Crippen molar-refractivity contribution >= 4 is 50.8 Å². The second-order valence-corrected chi connectivity index (χ2v) is 14.8. The fourth-order valence-electron chi connectivity index (χ4n) is 6.17. The monoisotopic (exact) mass is 611 g/mol. The number of hydrogen-bond acceptors (Lipinski definition) is 7. The van der Waals surface area contributed by atoms with Gasteiger partial charge in [0.25, 0.3) is 0 Å². The van der Waals surface area contributed by atoms with Crippen LogP contribution in [0.4, 0.5) is 0 Å². The van der Waals surface area contributed by atoms with Crippen LogP contribution in [0.5, 0.6) is 0 Å². The smallest absolute Gasteiger partial charge is 0.224 e. The van der Waals surface area contributed by atoms with Gasteiger partial charge < -0.3 is 5.32 Å². The van der Waals surface area contributed by atoms with E-state index in [9.17, 15) is 14.4 Å². The second-order valence-electron chi connectivity index (χ2n) is 12.5. The highest BCUT2D eigenvalue weighted by Crippen LogP contribution is 2.31. The van der Waals surface area contributed by atoms with Crippen LogP contribution in [0.2, 0.25) is 0 Å². The molecular weight excluding hydrogens is 563 g/mol. The summed E-state index contributed by atoms with van der Waals surface area (Å²) in [6.07, 6.45) is 7.80. The number of Topliss-reactive ketones (excluding diaryl/α,β-unsaturated/α-hetero) is 2. The Morgan fingerprint density at radius 3 is 2.55 bits per heavy atom. The highest BCUT2D eigenvalue weighted by atomic mass is 32.2. The maximum atomic E-state index is 13.9. The van der Waals surface area contributed by atoms with E-state index in [4.69, 9.17) is 4.98 Å². The third-order valence-electron chi connectivity index (χ3n) is 8.93. The van der Waals surface area contributed by atoms with Gasteiger partial charge in [0.15, 0.2) is 5.78 Å². The molecule has 1 saturated heterocycles. The predicted molar refractivity (Wildman–Crippen MR) is 176 cm³/mol. The first kappa shape index (κ1) is 32.9. The molecular formula is C34H49N3O3S2. The number of fused-ring (bicyclic) bond motifs is 1. The standard InChI is InChI=1S/C34H49N3O3S2/c1-5-28(38)19-27(21-33-35-30-12-11-26(23(2)3)20-32(30)42-33)34(40)36-29(25-9-7-6-8-10-25)13-14-31(39)24(4)22-37-15-17-41-18-16-37/h11-12,20,23,25,27,29H,4-10,13-19,21-22H2,1-3H3,(H,36,40)/t27-,29+/m0/s1. The highest BCUT2D eigenvalue weighted by molar-refractivity contribution is 7.99. The number of nitrogens with zero attached hydrogens (tertiary/aromatic N) is 2. The largest absolute Gasteiger partial charge is 0.353 e. The van der Waals surface area contributed by atoms with Crippen LogP contribution < -0.4 is 5.32 Å². The Kier molecular flexibility index (Phi) is 12.6. The Morgan fingerprint density at radius 1 is 1.12 bits per heavy atom. The van der Waals surface area contributed by atoms with E-state index in [0.29, 0.717) is 49.6 Å². The van der Waals surface area contributed by atoms with Gasteiger partial charge in [-0.2, -0.15) is 11.8 Å². The van der Waals surface area contributed by atoms with Gasteiger partial charge in [0, 0.05) is 68.4 Å². The fourth-order valence-corrected chi connectivity index (χ4v) is 8.24. The van der Waals surface area contributed by atoms with E-state index in [1.165, 1.54) is 12.0 Å². The number of aromatic nitrogens is 1. The van der Waals surface area contributed by atoms with Gasteiger partial charge in [-0.05, 0) is 48.8 Å². The lowest BCUT2D eigenvalue weighted by Crippen LogP contribution is -2.45. The molecule has 0 bridgehead atoms. The van der Waals surface area contributed by atoms with E-state index in [-0.39, 0.29) is 29.9 Å². The van der Waals surface area contributed by atoms with Gasteiger partial charge in [0.1, 0.15) is 5.78 Å². The second kappa shape index (κ2) is 16.2. The van der Waals surface area contributed by atoms with Crippen molar-refractivity contribution in [2.24, 2.45) is 11.8 Å². The summed E-state index contributed by atoms with van der Waals surface area (Å²) in [6, 6.07) is 6.31. The molecule has 42 heavy (non-hydrogen) atoms. The molecule has 2 fully saturated rings. The molecule has 0 radical (unpaired) electrons. The molecule has 8 heteroatoms. The van der Waals surface area contributed by atoms with Gasteiger partial charge >= 0.3 is 0 Å². The fraction of sp³-hybridized carbons (Fsp3) is 0.647. The Labute approximate surface area is 260 Å². The number of ketones is 2. The van der Waals surface area contributed by atoms with Crippen molar-refractivity contribution in [3.05, 3.63) is 40.9 Å². The van der Waals surface area contributed by atoms with Crippen molar-refractivity contribution in [2.75, 3.05) is 31.1 Å². The number of thiazole rings is 1. The first-order valence-corrected chi connectivity index (χ1v) is 17.9. The van der Waals surface area contributed by atoms with E-state index in [1.54, 1.807) is 11.3 Å². The molecule has 2 aromatic rings. The lowest BCUT2D eigenvalue weighted by Gasteiger charge is -2.32. The SMILES string of the molecule is C=C(CN1CCSCC1)C(=O)CC[C@@H](NC(=O)[C@@H](CC(=O)CC)Cc1nc2ccc(C(C)C)cc2s1)C1CCCCC1. The molecule has 230 valence electrons. The predicted octanol–water partition coefficient (Wildman–Crippen LogP) is 6.97. The van der Waals surface area contributed by atoms with Crippen LogP contribution in [-0.4, -0.2) is 64.5 Å². The molecule has 1 N–H and O–H groups in total. The minimum atomic E-state index is -0.462. The molecule has 1 aromatic heterocycles. The van der Waals surface area contributed by atoms with Crippen molar-refractivity contribution in [1.82, 2.24) is 15.2 Å². The number of rotatable bonds is 15. The molecule has 6 nitrogen and oxygen atoms in total. The summed E-state index contributed by atoms with van der Waals surface area (Å²) in [6.45, 7) is 13.0. The van der Waals surface area contributed by atoms with Crippen LogP contribution in [0, 0.1) is 11.8 Å². The quantitative estimate of drug-likeness (QED) is 0.219. The molecule has 1 aromatic carbocycles. The average Bonchev–Trinajstić information content (AvgIpc) is 3.41. The van der Waals surface area contributed by atoms with Gasteiger partial charge in [0.05, 0.1) is 21.1 Å². The maximum absolute atomic E-state index is 13.9. The van der Waals surface area contributed by atoms with Crippen LogP contribution in [0.15, 0.2) is 30.4 Å². The van der Waals surface area contributed by atoms with Crippen molar-refractivity contribution in [3.8, 4) is 0 Å². The minimum Gasteiger partial charge on any atom is -0.353 e. The summed E-state index contributed by atoms with van der Waals surface area (Å²) >= 11 is 3.58. The Hall–Kier alpha value is -2.03. The molecule has 1 aliphatic heterocycles. The van der Waals surface area contributed by atoms with Crippen molar-refractivity contribution < 1.29 is 14.4 Å². The van der Waals surface area contributed by atoms with Crippen LogP contribution in [0.1, 0.15) is 95.0 Å². The van der Waals surface area contributed by atoms with Gasteiger partial charge in [-0.15, -0.1) is 11.3 Å². The Balaban J connectivity index is 1.44. The first-order chi connectivity index (χ1) is 20.2. The molecule has 2 heterocycles. The lowest BCUT2D eigenvalue weighted by molar-refractivity contribution is -0.130. The number of benzene rings is 1. The molecule has 4 rings (SSSR count). The van der Waals surface area contributed by atoms with E-state index in [1.807, 2.05) is 18.7 Å². The summed E-state index contributed by atoms with van der Waals surface area (Å²) in [7, 11) is 0. The summed E-state index contributed by atoms with van der Waals surface area (Å²) in [4.78, 5) is 46.7. The average molecular weight is 612 g/mol. The van der Waals surface area contributed by atoms with Crippen molar-refractivity contribution in [1.29, 1.82) is 0 Å². The van der Waals surface area contributed by atoms with Crippen molar-refractivity contribution in [2.45, 2.75) is 96.9 Å². The third-order valence-corrected chi connectivity index (χ3v) is 10.9. The van der Waals surface area contributed by atoms with Crippen LogP contribution in [0.25, 0.3) is 10.2 Å². The zero-order chi connectivity index (χ0) is 30.1.